The molecule has 10 heteroatoms. The van der Waals surface area contributed by atoms with Crippen molar-refractivity contribution in [2.45, 2.75) is 11.3 Å². The summed E-state index contributed by atoms with van der Waals surface area (Å²) in [6, 6.07) is 14.8. The normalized spacial score (nSPS) is 15.4. The topological polar surface area (TPSA) is 80.5 Å². The Balaban J connectivity index is 1.33. The number of nitrogens with one attached hydrogen (secondary N) is 1. The van der Waals surface area contributed by atoms with Gasteiger partial charge in [0.15, 0.2) is 0 Å². The summed E-state index contributed by atoms with van der Waals surface area (Å²) >= 11 is 13.5. The van der Waals surface area contributed by atoms with E-state index in [0.29, 0.717) is 40.9 Å². The third-order valence-electron chi connectivity index (χ3n) is 5.07. The smallest absolute Gasteiger partial charge is 0.277 e. The van der Waals surface area contributed by atoms with Gasteiger partial charge >= 0.3 is 0 Å². The van der Waals surface area contributed by atoms with Crippen molar-refractivity contribution in [1.29, 1.82) is 0 Å². The Bertz CT molecular complexity index is 1040. The highest BCUT2D eigenvalue weighted by molar-refractivity contribution is 7.99. The molecule has 1 aliphatic heterocycles. The highest BCUT2D eigenvalue weighted by Gasteiger charge is 2.25. The predicted molar refractivity (Wildman–Crippen MR) is 125 cm³/mol. The van der Waals surface area contributed by atoms with Crippen molar-refractivity contribution in [3.8, 4) is 11.5 Å². The van der Waals surface area contributed by atoms with Crippen molar-refractivity contribution in [2.75, 3.05) is 38.6 Å². The van der Waals surface area contributed by atoms with E-state index in [9.17, 15) is 4.79 Å². The maximum atomic E-state index is 12.5. The summed E-state index contributed by atoms with van der Waals surface area (Å²) in [5.41, 5.74) is 1.76. The van der Waals surface area contributed by atoms with Crippen molar-refractivity contribution in [3.63, 3.8) is 0 Å². The van der Waals surface area contributed by atoms with Crippen LogP contribution in [-0.2, 0) is 9.53 Å². The lowest BCUT2D eigenvalue weighted by atomic mass is 10.0. The third-order valence-corrected chi connectivity index (χ3v) is 6.48. The highest BCUT2D eigenvalue weighted by Crippen LogP contribution is 2.28. The Morgan fingerprint density at radius 3 is 2.59 bits per heavy atom. The fourth-order valence-corrected chi connectivity index (χ4v) is 4.42. The van der Waals surface area contributed by atoms with Crippen LogP contribution in [0.15, 0.2) is 58.2 Å². The second-order valence-electron chi connectivity index (χ2n) is 7.16. The van der Waals surface area contributed by atoms with E-state index >= 15 is 0 Å². The molecule has 1 unspecified atom stereocenters. The SMILES string of the molecule is O=C(CSc1nnc(-c2ccc(Cl)cc2)o1)NCC(c1ccccc1Cl)N1CCOCC1. The van der Waals surface area contributed by atoms with E-state index in [2.05, 4.69) is 20.4 Å². The number of morpholine rings is 1. The number of amides is 1. The highest BCUT2D eigenvalue weighted by atomic mass is 35.5. The number of carbonyl (C=O) groups excluding carboxylic acids is 1. The van der Waals surface area contributed by atoms with Gasteiger partial charge in [-0.15, -0.1) is 10.2 Å². The van der Waals surface area contributed by atoms with Crippen LogP contribution < -0.4 is 5.32 Å². The number of hydrogen-bond acceptors (Lipinski definition) is 7. The lowest BCUT2D eigenvalue weighted by Crippen LogP contribution is -2.44. The van der Waals surface area contributed by atoms with Gasteiger partial charge in [-0.1, -0.05) is 53.2 Å². The van der Waals surface area contributed by atoms with Gasteiger partial charge in [0.2, 0.25) is 11.8 Å². The van der Waals surface area contributed by atoms with Gasteiger partial charge in [-0.3, -0.25) is 9.69 Å². The molecular formula is C22H22Cl2N4O3S. The molecule has 3 aromatic rings. The molecule has 0 aliphatic carbocycles. The number of halogens is 2. The van der Waals surface area contributed by atoms with Gasteiger partial charge in [-0.25, -0.2) is 0 Å². The molecule has 0 bridgehead atoms. The molecule has 7 nitrogen and oxygen atoms in total. The monoisotopic (exact) mass is 492 g/mol. The van der Waals surface area contributed by atoms with Crippen molar-refractivity contribution >= 4 is 40.9 Å². The van der Waals surface area contributed by atoms with E-state index in [1.54, 1.807) is 24.3 Å². The van der Waals surface area contributed by atoms with E-state index in [1.807, 2.05) is 24.3 Å². The lowest BCUT2D eigenvalue weighted by molar-refractivity contribution is -0.118. The van der Waals surface area contributed by atoms with Gasteiger partial charge in [-0.2, -0.15) is 0 Å². The fraction of sp³-hybridized carbons (Fsp3) is 0.318. The van der Waals surface area contributed by atoms with Crippen molar-refractivity contribution in [2.24, 2.45) is 0 Å². The van der Waals surface area contributed by atoms with Gasteiger partial charge in [0, 0.05) is 35.2 Å². The molecule has 32 heavy (non-hydrogen) atoms. The van der Waals surface area contributed by atoms with Gasteiger partial charge in [0.25, 0.3) is 5.22 Å². The third kappa shape index (κ3) is 6.02. The van der Waals surface area contributed by atoms with E-state index in [0.717, 1.165) is 24.2 Å². The molecule has 1 atom stereocenters. The summed E-state index contributed by atoms with van der Waals surface area (Å²) in [6.45, 7) is 3.35. The minimum absolute atomic E-state index is 0.0264. The molecular weight excluding hydrogens is 471 g/mol. The minimum Gasteiger partial charge on any atom is -0.411 e. The molecule has 1 amide bonds. The first-order valence-electron chi connectivity index (χ1n) is 10.2. The Labute approximate surface area is 200 Å². The number of thioether (sulfide) groups is 1. The number of nitrogens with zero attached hydrogens (tertiary/aromatic N) is 3. The Morgan fingerprint density at radius 1 is 1.09 bits per heavy atom. The lowest BCUT2D eigenvalue weighted by Gasteiger charge is -2.35. The number of hydrogen-bond donors (Lipinski definition) is 1. The number of rotatable bonds is 8. The van der Waals surface area contributed by atoms with E-state index < -0.39 is 0 Å². The predicted octanol–water partition coefficient (Wildman–Crippen LogP) is 4.33. The van der Waals surface area contributed by atoms with E-state index in [4.69, 9.17) is 32.4 Å². The van der Waals surface area contributed by atoms with Crippen LogP contribution in [-0.4, -0.2) is 59.6 Å². The molecule has 0 saturated carbocycles. The summed E-state index contributed by atoms with van der Waals surface area (Å²) < 4.78 is 11.1. The molecule has 4 rings (SSSR count). The molecule has 1 N–H and O–H groups in total. The standard InChI is InChI=1S/C22H22Cl2N4O3S/c23-16-7-5-15(6-8-16)21-26-27-22(31-21)32-14-20(29)25-13-19(28-9-11-30-12-10-28)17-3-1-2-4-18(17)24/h1-8,19H,9-14H2,(H,25,29). The molecule has 1 saturated heterocycles. The molecule has 2 aromatic carbocycles. The van der Waals surface area contributed by atoms with Crippen LogP contribution in [0.2, 0.25) is 10.0 Å². The quantitative estimate of drug-likeness (QED) is 0.468. The Kier molecular flexibility index (Phi) is 8.05. The van der Waals surface area contributed by atoms with Crippen LogP contribution in [0.1, 0.15) is 11.6 Å². The van der Waals surface area contributed by atoms with Crippen molar-refractivity contribution < 1.29 is 13.9 Å². The van der Waals surface area contributed by atoms with Crippen LogP contribution >= 0.6 is 35.0 Å². The molecule has 1 aliphatic rings. The fourth-order valence-electron chi connectivity index (χ4n) is 3.44. The second-order valence-corrected chi connectivity index (χ2v) is 8.93. The average molecular weight is 493 g/mol. The first kappa shape index (κ1) is 23.1. The minimum atomic E-state index is -0.119. The van der Waals surface area contributed by atoms with E-state index in [-0.39, 0.29) is 17.7 Å². The van der Waals surface area contributed by atoms with Gasteiger partial charge in [0.05, 0.1) is 25.0 Å². The number of aromatic nitrogens is 2. The summed E-state index contributed by atoms with van der Waals surface area (Å²) in [7, 11) is 0. The first-order valence-corrected chi connectivity index (χ1v) is 11.9. The van der Waals surface area contributed by atoms with Crippen molar-refractivity contribution in [1.82, 2.24) is 20.4 Å². The van der Waals surface area contributed by atoms with Crippen LogP contribution in [0.3, 0.4) is 0 Å². The summed E-state index contributed by atoms with van der Waals surface area (Å²) in [5.74, 6) is 0.433. The first-order chi connectivity index (χ1) is 15.6. The van der Waals surface area contributed by atoms with Gasteiger partial charge in [-0.05, 0) is 35.9 Å². The largest absolute Gasteiger partial charge is 0.411 e. The molecule has 2 heterocycles. The molecule has 1 fully saturated rings. The van der Waals surface area contributed by atoms with E-state index in [1.165, 1.54) is 11.8 Å². The average Bonchev–Trinajstić information content (AvgIpc) is 3.29. The molecule has 0 spiro atoms. The van der Waals surface area contributed by atoms with Crippen LogP contribution in [0.25, 0.3) is 11.5 Å². The Morgan fingerprint density at radius 2 is 1.84 bits per heavy atom. The summed E-state index contributed by atoms with van der Waals surface area (Å²) in [4.78, 5) is 14.8. The van der Waals surface area contributed by atoms with Crippen LogP contribution in [0.5, 0.6) is 0 Å². The van der Waals surface area contributed by atoms with Gasteiger partial charge < -0.3 is 14.5 Å². The second kappa shape index (κ2) is 11.2. The Hall–Kier alpha value is -2.10. The molecule has 0 radical (unpaired) electrons. The molecule has 1 aromatic heterocycles. The zero-order chi connectivity index (χ0) is 22.3. The van der Waals surface area contributed by atoms with Crippen LogP contribution in [0.4, 0.5) is 0 Å². The number of benzene rings is 2. The summed E-state index contributed by atoms with van der Waals surface area (Å²) in [5, 5.41) is 12.7. The van der Waals surface area contributed by atoms with Crippen LogP contribution in [0, 0.1) is 0 Å². The van der Waals surface area contributed by atoms with Gasteiger partial charge in [0.1, 0.15) is 0 Å². The maximum Gasteiger partial charge on any atom is 0.277 e. The zero-order valence-electron chi connectivity index (χ0n) is 17.2. The summed E-state index contributed by atoms with van der Waals surface area (Å²) in [6.07, 6.45) is 0. The van der Waals surface area contributed by atoms with Crippen molar-refractivity contribution in [3.05, 3.63) is 64.1 Å². The number of ether oxygens (including phenoxy) is 1. The number of carbonyl (C=O) groups is 1. The zero-order valence-corrected chi connectivity index (χ0v) is 19.5. The molecule has 168 valence electrons. The maximum absolute atomic E-state index is 12.5.